The molecule has 42 heavy (non-hydrogen) atoms. The molecular formula is C31H34N8O3. The first-order valence-corrected chi connectivity index (χ1v) is 13.7. The number of aromatic nitrogens is 5. The van der Waals surface area contributed by atoms with Crippen LogP contribution in [0.1, 0.15) is 48.7 Å². The second kappa shape index (κ2) is 11.9. The number of carbonyl (C=O) groups excluding carboxylic acids is 1. The predicted octanol–water partition coefficient (Wildman–Crippen LogP) is 4.64. The highest BCUT2D eigenvalue weighted by Gasteiger charge is 2.18. The van der Waals surface area contributed by atoms with E-state index in [-0.39, 0.29) is 42.3 Å². The summed E-state index contributed by atoms with van der Waals surface area (Å²) in [6.07, 6.45) is 2.38. The van der Waals surface area contributed by atoms with Crippen LogP contribution in [-0.4, -0.2) is 47.2 Å². The van der Waals surface area contributed by atoms with Gasteiger partial charge in [0.15, 0.2) is 5.82 Å². The van der Waals surface area contributed by atoms with Crippen LogP contribution in [-0.2, 0) is 18.6 Å². The molecule has 0 bridgehead atoms. The van der Waals surface area contributed by atoms with Gasteiger partial charge in [0.25, 0.3) is 5.91 Å². The number of carbonyl (C=O) groups is 1. The van der Waals surface area contributed by atoms with E-state index in [1.807, 2.05) is 34.9 Å². The summed E-state index contributed by atoms with van der Waals surface area (Å²) in [7, 11) is 0. The molecule has 5 aromatic rings. The van der Waals surface area contributed by atoms with Gasteiger partial charge in [-0.1, -0.05) is 45.0 Å². The van der Waals surface area contributed by atoms with Gasteiger partial charge in [-0.05, 0) is 53.8 Å². The fourth-order valence-electron chi connectivity index (χ4n) is 4.66. The molecule has 1 amide bonds. The average molecular weight is 567 g/mol. The SMILES string of the molecule is CC(C)(C)c1ccc(C(=O)Nc2cccc(-c3nc(N)nc(Nc4ccc5c(c4)ncn5CCCO)n3)c2CO)cc1. The van der Waals surface area contributed by atoms with Gasteiger partial charge in [-0.15, -0.1) is 0 Å². The Labute approximate surface area is 243 Å². The molecule has 5 rings (SSSR count). The van der Waals surface area contributed by atoms with E-state index in [1.165, 1.54) is 0 Å². The number of rotatable bonds is 9. The van der Waals surface area contributed by atoms with Crippen molar-refractivity contribution in [3.8, 4) is 11.4 Å². The van der Waals surface area contributed by atoms with E-state index in [4.69, 9.17) is 10.8 Å². The Kier molecular flexibility index (Phi) is 8.14. The Bertz CT molecular complexity index is 1730. The summed E-state index contributed by atoms with van der Waals surface area (Å²) in [6, 6.07) is 18.4. The normalized spacial score (nSPS) is 11.5. The molecule has 6 N–H and O–H groups in total. The van der Waals surface area contributed by atoms with Crippen molar-refractivity contribution in [2.75, 3.05) is 23.0 Å². The average Bonchev–Trinajstić information content (AvgIpc) is 3.37. The van der Waals surface area contributed by atoms with Crippen molar-refractivity contribution >= 4 is 40.2 Å². The van der Waals surface area contributed by atoms with Crippen LogP contribution in [0.5, 0.6) is 0 Å². The van der Waals surface area contributed by atoms with Crippen LogP contribution in [0.25, 0.3) is 22.4 Å². The number of fused-ring (bicyclic) bond motifs is 1. The summed E-state index contributed by atoms with van der Waals surface area (Å²) < 4.78 is 1.98. The monoisotopic (exact) mass is 566 g/mol. The molecule has 2 heterocycles. The molecule has 2 aromatic heterocycles. The van der Waals surface area contributed by atoms with Crippen LogP contribution < -0.4 is 16.4 Å². The second-order valence-corrected chi connectivity index (χ2v) is 11.0. The molecule has 0 radical (unpaired) electrons. The highest BCUT2D eigenvalue weighted by molar-refractivity contribution is 6.05. The van der Waals surface area contributed by atoms with Crippen molar-refractivity contribution in [1.82, 2.24) is 24.5 Å². The van der Waals surface area contributed by atoms with Crippen molar-refractivity contribution in [2.45, 2.75) is 45.8 Å². The van der Waals surface area contributed by atoms with Gasteiger partial charge in [0.05, 0.1) is 24.0 Å². The minimum atomic E-state index is -0.362. The molecule has 0 aliphatic heterocycles. The number of nitrogens with zero attached hydrogens (tertiary/aromatic N) is 5. The third kappa shape index (κ3) is 6.22. The van der Waals surface area contributed by atoms with Gasteiger partial charge >= 0.3 is 0 Å². The largest absolute Gasteiger partial charge is 0.396 e. The van der Waals surface area contributed by atoms with E-state index < -0.39 is 0 Å². The van der Waals surface area contributed by atoms with Crippen molar-refractivity contribution in [1.29, 1.82) is 0 Å². The number of hydrogen-bond donors (Lipinski definition) is 5. The van der Waals surface area contributed by atoms with Gasteiger partial charge in [-0.3, -0.25) is 4.79 Å². The Hall–Kier alpha value is -4.87. The zero-order valence-corrected chi connectivity index (χ0v) is 23.8. The number of amides is 1. The van der Waals surface area contributed by atoms with Crippen LogP contribution >= 0.6 is 0 Å². The molecule has 3 aromatic carbocycles. The molecule has 0 fully saturated rings. The number of aliphatic hydroxyl groups excluding tert-OH is 2. The van der Waals surface area contributed by atoms with Crippen LogP contribution in [0.3, 0.4) is 0 Å². The molecular weight excluding hydrogens is 532 g/mol. The number of nitrogen functional groups attached to an aromatic ring is 1. The summed E-state index contributed by atoms with van der Waals surface area (Å²) in [5.74, 6) is 0.158. The molecule has 0 saturated carbocycles. The van der Waals surface area contributed by atoms with E-state index in [9.17, 15) is 9.90 Å². The van der Waals surface area contributed by atoms with Crippen molar-refractivity contribution < 1.29 is 15.0 Å². The molecule has 0 spiro atoms. The van der Waals surface area contributed by atoms with Crippen LogP contribution in [0.15, 0.2) is 67.0 Å². The summed E-state index contributed by atoms with van der Waals surface area (Å²) in [5.41, 5.74) is 11.5. The van der Waals surface area contributed by atoms with Crippen LogP contribution in [0.4, 0.5) is 23.3 Å². The molecule has 0 aliphatic rings. The Morgan fingerprint density at radius 2 is 1.79 bits per heavy atom. The number of anilines is 4. The lowest BCUT2D eigenvalue weighted by Crippen LogP contribution is -2.15. The molecule has 216 valence electrons. The number of aliphatic hydroxyl groups is 2. The topological polar surface area (TPSA) is 164 Å². The van der Waals surface area contributed by atoms with Crippen LogP contribution in [0, 0.1) is 0 Å². The number of benzene rings is 3. The first-order valence-electron chi connectivity index (χ1n) is 13.7. The van der Waals surface area contributed by atoms with Crippen molar-refractivity contribution in [2.24, 2.45) is 0 Å². The summed E-state index contributed by atoms with van der Waals surface area (Å²) in [6.45, 7) is 6.77. The van der Waals surface area contributed by atoms with Gasteiger partial charge in [-0.25, -0.2) is 4.98 Å². The smallest absolute Gasteiger partial charge is 0.255 e. The summed E-state index contributed by atoms with van der Waals surface area (Å²) in [4.78, 5) is 30.6. The maximum Gasteiger partial charge on any atom is 0.255 e. The van der Waals surface area contributed by atoms with Crippen molar-refractivity contribution in [3.05, 3.63) is 83.7 Å². The Morgan fingerprint density at radius 1 is 1.00 bits per heavy atom. The minimum absolute atomic E-state index is 0.00544. The lowest BCUT2D eigenvalue weighted by molar-refractivity contribution is 0.102. The van der Waals surface area contributed by atoms with Gasteiger partial charge in [-0.2, -0.15) is 15.0 Å². The van der Waals surface area contributed by atoms with E-state index >= 15 is 0 Å². The second-order valence-electron chi connectivity index (χ2n) is 11.0. The highest BCUT2D eigenvalue weighted by Crippen LogP contribution is 2.30. The lowest BCUT2D eigenvalue weighted by atomic mass is 9.86. The van der Waals surface area contributed by atoms with Gasteiger partial charge < -0.3 is 31.1 Å². The predicted molar refractivity (Wildman–Crippen MR) is 163 cm³/mol. The Morgan fingerprint density at radius 3 is 2.50 bits per heavy atom. The first-order chi connectivity index (χ1) is 20.2. The summed E-state index contributed by atoms with van der Waals surface area (Å²) >= 11 is 0. The zero-order chi connectivity index (χ0) is 29.9. The highest BCUT2D eigenvalue weighted by atomic mass is 16.3. The fourth-order valence-corrected chi connectivity index (χ4v) is 4.66. The van der Waals surface area contributed by atoms with E-state index in [1.54, 1.807) is 36.7 Å². The molecule has 0 saturated heterocycles. The maximum atomic E-state index is 13.1. The van der Waals surface area contributed by atoms with E-state index in [0.717, 1.165) is 16.6 Å². The molecule has 0 atom stereocenters. The molecule has 0 aliphatic carbocycles. The van der Waals surface area contributed by atoms with Gasteiger partial charge in [0.1, 0.15) is 0 Å². The van der Waals surface area contributed by atoms with Crippen LogP contribution in [0.2, 0.25) is 0 Å². The van der Waals surface area contributed by atoms with Gasteiger partial charge in [0.2, 0.25) is 11.9 Å². The number of aryl methyl sites for hydroxylation is 1. The van der Waals surface area contributed by atoms with E-state index in [0.29, 0.717) is 41.0 Å². The molecule has 11 heteroatoms. The number of nitrogens with two attached hydrogens (primary N) is 1. The number of imidazole rings is 1. The van der Waals surface area contributed by atoms with Crippen molar-refractivity contribution in [3.63, 3.8) is 0 Å². The minimum Gasteiger partial charge on any atom is -0.396 e. The quantitative estimate of drug-likeness (QED) is 0.171. The van der Waals surface area contributed by atoms with Gasteiger partial charge in [0, 0.05) is 41.2 Å². The standard InChI is InChI=1S/C31H34N8O3/c1-31(2,3)20-10-8-19(9-11-20)28(42)35-24-7-4-6-22(23(24)17-41)27-36-29(32)38-30(37-27)34-21-12-13-26-25(16-21)33-18-39(26)14-5-15-40/h4,6-13,16,18,40-41H,5,14-15,17H2,1-3H3,(H,35,42)(H3,32,34,36,37,38). The number of hydrogen-bond acceptors (Lipinski definition) is 9. The third-order valence-electron chi connectivity index (χ3n) is 6.92. The van der Waals surface area contributed by atoms with E-state index in [2.05, 4.69) is 51.3 Å². The summed E-state index contributed by atoms with van der Waals surface area (Å²) in [5, 5.41) is 25.5. The lowest BCUT2D eigenvalue weighted by Gasteiger charge is -2.19. The molecule has 0 unspecified atom stereocenters. The fraction of sp³-hybridized carbons (Fsp3) is 0.258. The third-order valence-corrected chi connectivity index (χ3v) is 6.92. The zero-order valence-electron chi connectivity index (χ0n) is 23.8. The molecule has 11 nitrogen and oxygen atoms in total. The Balaban J connectivity index is 1.40. The maximum absolute atomic E-state index is 13.1. The first kappa shape index (κ1) is 28.7. The number of nitrogens with one attached hydrogen (secondary N) is 2.